The zero-order chi connectivity index (χ0) is 15.1. The third-order valence-corrected chi connectivity index (χ3v) is 2.84. The van der Waals surface area contributed by atoms with Crippen molar-refractivity contribution in [2.45, 2.75) is 33.2 Å². The van der Waals surface area contributed by atoms with Gasteiger partial charge in [0.15, 0.2) is 0 Å². The highest BCUT2D eigenvalue weighted by molar-refractivity contribution is 5.95. The third kappa shape index (κ3) is 4.16. The highest BCUT2D eigenvalue weighted by atomic mass is 16.5. The van der Waals surface area contributed by atoms with Crippen molar-refractivity contribution in [2.75, 3.05) is 18.9 Å². The number of benzene rings is 1. The zero-order valence-electron chi connectivity index (χ0n) is 12.2. The molecule has 0 aliphatic heterocycles. The van der Waals surface area contributed by atoms with Gasteiger partial charge in [-0.05, 0) is 32.9 Å². The summed E-state index contributed by atoms with van der Waals surface area (Å²) in [4.78, 5) is 14.2. The predicted molar refractivity (Wildman–Crippen MR) is 78.4 cm³/mol. The summed E-state index contributed by atoms with van der Waals surface area (Å²) in [6.07, 6.45) is 0.310. The molecule has 1 amide bonds. The number of amides is 1. The fraction of sp³-hybridized carbons (Fsp3) is 0.467. The summed E-state index contributed by atoms with van der Waals surface area (Å²) in [6.45, 7) is 6.64. The summed E-state index contributed by atoms with van der Waals surface area (Å²) in [7, 11) is 0. The average molecular weight is 275 g/mol. The summed E-state index contributed by atoms with van der Waals surface area (Å²) in [5.41, 5.74) is 6.78. The lowest BCUT2D eigenvalue weighted by molar-refractivity contribution is 0.0710. The van der Waals surface area contributed by atoms with E-state index in [0.29, 0.717) is 36.6 Å². The summed E-state index contributed by atoms with van der Waals surface area (Å²) in [6, 6.07) is 7.09. The van der Waals surface area contributed by atoms with Crippen LogP contribution in [0.15, 0.2) is 18.2 Å². The molecule has 108 valence electrons. The van der Waals surface area contributed by atoms with Gasteiger partial charge >= 0.3 is 0 Å². The van der Waals surface area contributed by atoms with Gasteiger partial charge in [0.2, 0.25) is 0 Å². The maximum Gasteiger partial charge on any atom is 0.254 e. The van der Waals surface area contributed by atoms with E-state index >= 15 is 0 Å². The van der Waals surface area contributed by atoms with E-state index < -0.39 is 0 Å². The molecule has 0 radical (unpaired) electrons. The molecule has 5 heteroatoms. The van der Waals surface area contributed by atoms with Crippen LogP contribution in [0.2, 0.25) is 0 Å². The van der Waals surface area contributed by atoms with Crippen LogP contribution in [0.1, 0.15) is 37.6 Å². The Hall–Kier alpha value is -2.22. The van der Waals surface area contributed by atoms with Gasteiger partial charge in [-0.25, -0.2) is 0 Å². The fourth-order valence-electron chi connectivity index (χ4n) is 1.93. The lowest BCUT2D eigenvalue weighted by atomic mass is 10.1. The molecular weight excluding hydrogens is 254 g/mol. The molecule has 0 saturated heterocycles. The number of nitrogen functional groups attached to an aromatic ring is 1. The highest BCUT2D eigenvalue weighted by Crippen LogP contribution is 2.21. The molecule has 0 bridgehead atoms. The van der Waals surface area contributed by atoms with Crippen molar-refractivity contribution in [3.05, 3.63) is 23.8 Å². The topological polar surface area (TPSA) is 79.3 Å². The Bertz CT molecular complexity index is 506. The second kappa shape index (κ2) is 7.39. The Labute approximate surface area is 119 Å². The Morgan fingerprint density at radius 1 is 1.45 bits per heavy atom. The van der Waals surface area contributed by atoms with Crippen LogP contribution in [0, 0.1) is 11.3 Å². The molecule has 0 heterocycles. The van der Waals surface area contributed by atoms with Crippen molar-refractivity contribution in [3.63, 3.8) is 0 Å². The van der Waals surface area contributed by atoms with Crippen molar-refractivity contribution >= 4 is 11.6 Å². The van der Waals surface area contributed by atoms with Crippen LogP contribution in [0.5, 0.6) is 5.75 Å². The number of rotatable bonds is 6. The molecule has 0 aliphatic carbocycles. The second-order valence-electron chi connectivity index (χ2n) is 4.72. The fourth-order valence-corrected chi connectivity index (χ4v) is 1.93. The SMILES string of the molecule is CCOc1cc(N)cc(C(=O)N(CCC#N)C(C)C)c1. The molecule has 20 heavy (non-hydrogen) atoms. The molecule has 0 saturated carbocycles. The summed E-state index contributed by atoms with van der Waals surface area (Å²) >= 11 is 0. The van der Waals surface area contributed by atoms with Crippen LogP contribution in [-0.2, 0) is 0 Å². The predicted octanol–water partition coefficient (Wildman–Crippen LogP) is 2.43. The van der Waals surface area contributed by atoms with Crippen molar-refractivity contribution in [1.82, 2.24) is 4.90 Å². The van der Waals surface area contributed by atoms with E-state index in [1.807, 2.05) is 20.8 Å². The van der Waals surface area contributed by atoms with Crippen LogP contribution in [0.25, 0.3) is 0 Å². The molecule has 1 aromatic rings. The van der Waals surface area contributed by atoms with Gasteiger partial charge in [-0.15, -0.1) is 0 Å². The third-order valence-electron chi connectivity index (χ3n) is 2.84. The maximum absolute atomic E-state index is 12.5. The molecule has 0 atom stereocenters. The van der Waals surface area contributed by atoms with Gasteiger partial charge in [-0.3, -0.25) is 4.79 Å². The van der Waals surface area contributed by atoms with Crippen LogP contribution in [0.3, 0.4) is 0 Å². The first-order valence-electron chi connectivity index (χ1n) is 6.70. The largest absolute Gasteiger partial charge is 0.494 e. The van der Waals surface area contributed by atoms with Gasteiger partial charge in [0.25, 0.3) is 5.91 Å². The Morgan fingerprint density at radius 3 is 2.70 bits per heavy atom. The minimum atomic E-state index is -0.136. The lowest BCUT2D eigenvalue weighted by Crippen LogP contribution is -2.37. The number of hydrogen-bond acceptors (Lipinski definition) is 4. The quantitative estimate of drug-likeness (QED) is 0.809. The van der Waals surface area contributed by atoms with Crippen LogP contribution in [0.4, 0.5) is 5.69 Å². The van der Waals surface area contributed by atoms with Crippen LogP contribution in [-0.4, -0.2) is 30.0 Å². The number of nitriles is 1. The van der Waals surface area contributed by atoms with Gasteiger partial charge in [-0.2, -0.15) is 5.26 Å². The number of anilines is 1. The van der Waals surface area contributed by atoms with E-state index in [1.165, 1.54) is 0 Å². The molecule has 0 aliphatic rings. The monoisotopic (exact) mass is 275 g/mol. The molecule has 5 nitrogen and oxygen atoms in total. The van der Waals surface area contributed by atoms with E-state index in [9.17, 15) is 4.79 Å². The number of carbonyl (C=O) groups excluding carboxylic acids is 1. The summed E-state index contributed by atoms with van der Waals surface area (Å²) < 4.78 is 5.40. The minimum absolute atomic E-state index is 0.0211. The lowest BCUT2D eigenvalue weighted by Gasteiger charge is -2.26. The molecule has 0 fully saturated rings. The Balaban J connectivity index is 3.02. The zero-order valence-corrected chi connectivity index (χ0v) is 12.2. The van der Waals surface area contributed by atoms with Crippen molar-refractivity contribution in [3.8, 4) is 11.8 Å². The number of ether oxygens (including phenoxy) is 1. The molecule has 0 spiro atoms. The molecule has 1 aromatic carbocycles. The smallest absolute Gasteiger partial charge is 0.254 e. The highest BCUT2D eigenvalue weighted by Gasteiger charge is 2.19. The van der Waals surface area contributed by atoms with Gasteiger partial charge in [0.1, 0.15) is 5.75 Å². The summed E-state index contributed by atoms with van der Waals surface area (Å²) in [5, 5.41) is 8.68. The Kier molecular flexibility index (Phi) is 5.85. The van der Waals surface area contributed by atoms with Crippen LogP contribution < -0.4 is 10.5 Å². The van der Waals surface area contributed by atoms with Gasteiger partial charge < -0.3 is 15.4 Å². The van der Waals surface area contributed by atoms with E-state index in [4.69, 9.17) is 15.7 Å². The average Bonchev–Trinajstić information content (AvgIpc) is 2.38. The van der Waals surface area contributed by atoms with Gasteiger partial charge in [0.05, 0.1) is 19.1 Å². The number of nitrogens with zero attached hydrogens (tertiary/aromatic N) is 2. The standard InChI is InChI=1S/C15H21N3O2/c1-4-20-14-9-12(8-13(17)10-14)15(19)18(11(2)3)7-5-6-16/h8-11H,4-5,7,17H2,1-3H3. The van der Waals surface area contributed by atoms with Crippen molar-refractivity contribution in [1.29, 1.82) is 5.26 Å². The summed E-state index contributed by atoms with van der Waals surface area (Å²) in [5.74, 6) is 0.448. The van der Waals surface area contributed by atoms with Gasteiger partial charge in [-0.1, -0.05) is 0 Å². The van der Waals surface area contributed by atoms with Gasteiger partial charge in [0, 0.05) is 29.9 Å². The molecule has 0 aromatic heterocycles. The Morgan fingerprint density at radius 2 is 2.15 bits per heavy atom. The normalized spacial score (nSPS) is 10.2. The van der Waals surface area contributed by atoms with Crippen molar-refractivity contribution < 1.29 is 9.53 Å². The first-order chi connectivity index (χ1) is 9.49. The molecule has 0 unspecified atom stereocenters. The molecule has 1 rings (SSSR count). The van der Waals surface area contributed by atoms with Crippen molar-refractivity contribution in [2.24, 2.45) is 0 Å². The van der Waals surface area contributed by atoms with E-state index in [-0.39, 0.29) is 11.9 Å². The maximum atomic E-state index is 12.5. The first kappa shape index (κ1) is 15.8. The van der Waals surface area contributed by atoms with E-state index in [2.05, 4.69) is 6.07 Å². The molecule has 2 N–H and O–H groups in total. The van der Waals surface area contributed by atoms with Crippen LogP contribution >= 0.6 is 0 Å². The number of hydrogen-bond donors (Lipinski definition) is 1. The number of nitrogens with two attached hydrogens (primary N) is 1. The van der Waals surface area contributed by atoms with E-state index in [1.54, 1.807) is 23.1 Å². The van der Waals surface area contributed by atoms with E-state index in [0.717, 1.165) is 0 Å². The minimum Gasteiger partial charge on any atom is -0.494 e. The molecular formula is C15H21N3O2. The second-order valence-corrected chi connectivity index (χ2v) is 4.72. The first-order valence-corrected chi connectivity index (χ1v) is 6.70. The number of carbonyl (C=O) groups is 1.